The van der Waals surface area contributed by atoms with Crippen LogP contribution in [-0.2, 0) is 6.61 Å². The van der Waals surface area contributed by atoms with Crippen LogP contribution in [0.5, 0.6) is 0 Å². The number of anilines is 1. The van der Waals surface area contributed by atoms with Crippen LogP contribution in [0.3, 0.4) is 0 Å². The van der Waals surface area contributed by atoms with E-state index in [-0.39, 0.29) is 6.61 Å². The topological polar surface area (TPSA) is 47.3 Å². The molecule has 1 aliphatic heterocycles. The molecule has 102 valence electrons. The van der Waals surface area contributed by atoms with Crippen molar-refractivity contribution in [2.45, 2.75) is 39.8 Å². The lowest BCUT2D eigenvalue weighted by atomic mass is 9.85. The van der Waals surface area contributed by atoms with Crippen LogP contribution < -0.4 is 4.90 Å². The van der Waals surface area contributed by atoms with E-state index in [0.717, 1.165) is 17.8 Å². The zero-order chi connectivity index (χ0) is 14.0. The Kier molecular flexibility index (Phi) is 4.11. The van der Waals surface area contributed by atoms with E-state index in [0.29, 0.717) is 23.4 Å². The van der Waals surface area contributed by atoms with Gasteiger partial charge in [0.1, 0.15) is 6.07 Å². The second-order valence-corrected chi connectivity index (χ2v) is 5.83. The zero-order valence-electron chi connectivity index (χ0n) is 11.9. The number of aliphatic hydroxyl groups excluding tert-OH is 1. The molecule has 3 nitrogen and oxygen atoms in total. The highest BCUT2D eigenvalue weighted by Crippen LogP contribution is 2.33. The third kappa shape index (κ3) is 2.74. The minimum Gasteiger partial charge on any atom is -0.392 e. The van der Waals surface area contributed by atoms with Crippen molar-refractivity contribution in [1.82, 2.24) is 0 Å². The molecule has 3 unspecified atom stereocenters. The van der Waals surface area contributed by atoms with E-state index in [1.165, 1.54) is 6.42 Å². The Morgan fingerprint density at radius 3 is 2.74 bits per heavy atom. The highest BCUT2D eigenvalue weighted by atomic mass is 16.3. The summed E-state index contributed by atoms with van der Waals surface area (Å²) in [5, 5.41) is 18.5. The van der Waals surface area contributed by atoms with Crippen LogP contribution in [0, 0.1) is 23.2 Å². The van der Waals surface area contributed by atoms with Crippen molar-refractivity contribution < 1.29 is 5.11 Å². The molecule has 0 saturated carbocycles. The van der Waals surface area contributed by atoms with Crippen LogP contribution in [0.15, 0.2) is 18.2 Å². The Balaban J connectivity index is 2.37. The van der Waals surface area contributed by atoms with Crippen LogP contribution >= 0.6 is 0 Å². The van der Waals surface area contributed by atoms with Crippen LogP contribution in [0.1, 0.15) is 38.3 Å². The first-order chi connectivity index (χ1) is 9.06. The largest absolute Gasteiger partial charge is 0.392 e. The first-order valence-electron chi connectivity index (χ1n) is 6.97. The number of hydrogen-bond donors (Lipinski definition) is 1. The highest BCUT2D eigenvalue weighted by molar-refractivity contribution is 5.61. The molecule has 0 spiro atoms. The van der Waals surface area contributed by atoms with Crippen LogP contribution in [0.2, 0.25) is 0 Å². The van der Waals surface area contributed by atoms with Crippen molar-refractivity contribution in [2.24, 2.45) is 11.8 Å². The fraction of sp³-hybridized carbons (Fsp3) is 0.562. The molecular formula is C16H22N2O. The molecule has 1 fully saturated rings. The predicted molar refractivity (Wildman–Crippen MR) is 76.8 cm³/mol. The summed E-state index contributed by atoms with van der Waals surface area (Å²) in [6.07, 6.45) is 1.24. The van der Waals surface area contributed by atoms with Gasteiger partial charge in [0.05, 0.1) is 17.9 Å². The first-order valence-corrected chi connectivity index (χ1v) is 6.97. The van der Waals surface area contributed by atoms with Crippen LogP contribution in [-0.4, -0.2) is 17.7 Å². The monoisotopic (exact) mass is 258 g/mol. The van der Waals surface area contributed by atoms with Crippen molar-refractivity contribution in [3.05, 3.63) is 29.3 Å². The molecule has 1 aromatic rings. The van der Waals surface area contributed by atoms with E-state index in [1.807, 2.05) is 12.1 Å². The molecular weight excluding hydrogens is 236 g/mol. The van der Waals surface area contributed by atoms with Gasteiger partial charge in [0.25, 0.3) is 0 Å². The lowest BCUT2D eigenvalue weighted by molar-refractivity contribution is 0.281. The summed E-state index contributed by atoms with van der Waals surface area (Å²) < 4.78 is 0. The van der Waals surface area contributed by atoms with Gasteiger partial charge in [0.2, 0.25) is 0 Å². The number of benzene rings is 1. The van der Waals surface area contributed by atoms with Gasteiger partial charge in [-0.25, -0.2) is 0 Å². The van der Waals surface area contributed by atoms with Gasteiger partial charge < -0.3 is 10.0 Å². The van der Waals surface area contributed by atoms with Gasteiger partial charge in [-0.3, -0.25) is 0 Å². The number of hydrogen-bond acceptors (Lipinski definition) is 3. The standard InChI is InChI=1S/C16H22N2O/c1-11-6-12(2)13(3)18(9-11)16-5-4-14(10-19)7-15(16)8-17/h4-5,7,11-13,19H,6,9-10H2,1-3H3. The maximum atomic E-state index is 9.33. The van der Waals surface area contributed by atoms with E-state index in [1.54, 1.807) is 6.07 Å². The summed E-state index contributed by atoms with van der Waals surface area (Å²) in [6.45, 7) is 7.76. The van der Waals surface area contributed by atoms with E-state index < -0.39 is 0 Å². The van der Waals surface area contributed by atoms with Crippen molar-refractivity contribution in [1.29, 1.82) is 5.26 Å². The molecule has 1 N–H and O–H groups in total. The zero-order valence-corrected chi connectivity index (χ0v) is 11.9. The molecule has 19 heavy (non-hydrogen) atoms. The normalized spacial score (nSPS) is 27.1. The third-order valence-corrected chi connectivity index (χ3v) is 4.27. The molecule has 1 aliphatic rings. The molecule has 0 amide bonds. The average molecular weight is 258 g/mol. The molecule has 0 aromatic heterocycles. The van der Waals surface area contributed by atoms with Gasteiger partial charge in [-0.1, -0.05) is 19.9 Å². The number of nitrogens with zero attached hydrogens (tertiary/aromatic N) is 2. The number of rotatable bonds is 2. The Labute approximate surface area is 115 Å². The van der Waals surface area contributed by atoms with Crippen molar-refractivity contribution in [3.8, 4) is 6.07 Å². The lowest BCUT2D eigenvalue weighted by Crippen LogP contribution is -2.46. The molecule has 1 heterocycles. The van der Waals surface area contributed by atoms with E-state index >= 15 is 0 Å². The maximum Gasteiger partial charge on any atom is 0.101 e. The molecule has 1 aromatic carbocycles. The predicted octanol–water partition coefficient (Wildman–Crippen LogP) is 2.92. The summed E-state index contributed by atoms with van der Waals surface area (Å²) in [4.78, 5) is 2.35. The molecule has 0 bridgehead atoms. The van der Waals surface area contributed by atoms with E-state index in [4.69, 9.17) is 0 Å². The average Bonchev–Trinajstić information content (AvgIpc) is 2.42. The molecule has 3 heteroatoms. The fourth-order valence-corrected chi connectivity index (χ4v) is 3.05. The molecule has 0 aliphatic carbocycles. The van der Waals surface area contributed by atoms with Gasteiger partial charge in [-0.05, 0) is 42.9 Å². The Bertz CT molecular complexity index is 492. The molecule has 1 saturated heterocycles. The van der Waals surface area contributed by atoms with Crippen molar-refractivity contribution >= 4 is 5.69 Å². The van der Waals surface area contributed by atoms with Crippen LogP contribution in [0.4, 0.5) is 5.69 Å². The summed E-state index contributed by atoms with van der Waals surface area (Å²) in [7, 11) is 0. The van der Waals surface area contributed by atoms with Gasteiger partial charge in [-0.2, -0.15) is 5.26 Å². The van der Waals surface area contributed by atoms with Gasteiger partial charge in [0, 0.05) is 12.6 Å². The highest BCUT2D eigenvalue weighted by Gasteiger charge is 2.30. The Morgan fingerprint density at radius 1 is 1.37 bits per heavy atom. The van der Waals surface area contributed by atoms with Gasteiger partial charge in [0.15, 0.2) is 0 Å². The first kappa shape index (κ1) is 13.9. The van der Waals surface area contributed by atoms with E-state index in [2.05, 4.69) is 31.7 Å². The minimum atomic E-state index is -0.0165. The lowest BCUT2D eigenvalue weighted by Gasteiger charge is -2.43. The fourth-order valence-electron chi connectivity index (χ4n) is 3.05. The van der Waals surface area contributed by atoms with Crippen molar-refractivity contribution in [3.63, 3.8) is 0 Å². The van der Waals surface area contributed by atoms with Crippen molar-refractivity contribution in [2.75, 3.05) is 11.4 Å². The second-order valence-electron chi connectivity index (χ2n) is 5.83. The Morgan fingerprint density at radius 2 is 2.11 bits per heavy atom. The van der Waals surface area contributed by atoms with Gasteiger partial charge >= 0.3 is 0 Å². The summed E-state index contributed by atoms with van der Waals surface area (Å²) >= 11 is 0. The summed E-state index contributed by atoms with van der Waals surface area (Å²) in [5.74, 6) is 1.28. The Hall–Kier alpha value is -1.53. The maximum absolute atomic E-state index is 9.33. The number of aliphatic hydroxyl groups is 1. The SMILES string of the molecule is CC1CC(C)C(C)N(c2ccc(CO)cc2C#N)C1. The summed E-state index contributed by atoms with van der Waals surface area (Å²) in [6, 6.07) is 8.40. The number of piperidine rings is 1. The molecule has 0 radical (unpaired) electrons. The second kappa shape index (κ2) is 5.63. The smallest absolute Gasteiger partial charge is 0.101 e. The van der Waals surface area contributed by atoms with Gasteiger partial charge in [-0.15, -0.1) is 0 Å². The minimum absolute atomic E-state index is 0.0165. The number of nitriles is 1. The third-order valence-electron chi connectivity index (χ3n) is 4.27. The molecule has 2 rings (SSSR count). The van der Waals surface area contributed by atoms with E-state index in [9.17, 15) is 10.4 Å². The van der Waals surface area contributed by atoms with Crippen LogP contribution in [0.25, 0.3) is 0 Å². The molecule has 3 atom stereocenters. The quantitative estimate of drug-likeness (QED) is 0.887. The summed E-state index contributed by atoms with van der Waals surface area (Å²) in [5.41, 5.74) is 2.47.